The molecule has 1 aliphatic heterocycles. The van der Waals surface area contributed by atoms with Gasteiger partial charge in [-0.1, -0.05) is 36.4 Å². The molecule has 144 valence electrons. The lowest BCUT2D eigenvalue weighted by Crippen LogP contribution is -2.47. The number of carbonyl (C=O) groups excluding carboxylic acids is 1. The molecule has 1 aromatic heterocycles. The summed E-state index contributed by atoms with van der Waals surface area (Å²) in [6, 6.07) is 22.2. The van der Waals surface area contributed by atoms with Gasteiger partial charge in [-0.05, 0) is 60.6 Å². The van der Waals surface area contributed by atoms with Crippen molar-refractivity contribution in [2.24, 2.45) is 5.41 Å². The number of aromatic nitrogens is 1. The second kappa shape index (κ2) is 5.93. The van der Waals surface area contributed by atoms with E-state index in [1.165, 1.54) is 5.56 Å². The SMILES string of the molecule is O=C(c1ccc2c(c1)OCO2)C12CC(c3ccccc3)(C[C@H]1c1ccccn1)C2. The van der Waals surface area contributed by atoms with Crippen LogP contribution in [0.5, 0.6) is 11.5 Å². The molecule has 2 aromatic carbocycles. The molecule has 0 spiro atoms. The van der Waals surface area contributed by atoms with E-state index in [-0.39, 0.29) is 23.9 Å². The highest BCUT2D eigenvalue weighted by atomic mass is 16.7. The molecule has 2 heterocycles. The van der Waals surface area contributed by atoms with Gasteiger partial charge in [0, 0.05) is 28.8 Å². The van der Waals surface area contributed by atoms with Gasteiger partial charge in [0.25, 0.3) is 0 Å². The van der Waals surface area contributed by atoms with Crippen molar-refractivity contribution in [3.05, 3.63) is 89.7 Å². The molecule has 3 aromatic rings. The van der Waals surface area contributed by atoms with Gasteiger partial charge in [0.15, 0.2) is 17.3 Å². The minimum absolute atomic E-state index is 0.0649. The number of hydrogen-bond acceptors (Lipinski definition) is 4. The summed E-state index contributed by atoms with van der Waals surface area (Å²) in [5.74, 6) is 1.70. The highest BCUT2D eigenvalue weighted by molar-refractivity contribution is 6.03. The quantitative estimate of drug-likeness (QED) is 0.602. The van der Waals surface area contributed by atoms with E-state index in [1.54, 1.807) is 0 Å². The largest absolute Gasteiger partial charge is 0.454 e. The Labute approximate surface area is 169 Å². The molecule has 3 fully saturated rings. The van der Waals surface area contributed by atoms with E-state index in [1.807, 2.05) is 36.5 Å². The average molecular weight is 383 g/mol. The number of fused-ring (bicyclic) bond motifs is 2. The average Bonchev–Trinajstić information content (AvgIpc) is 3.45. The molecule has 4 nitrogen and oxygen atoms in total. The second-order valence-corrected chi connectivity index (χ2v) is 8.56. The Kier molecular flexibility index (Phi) is 3.43. The maximum atomic E-state index is 13.8. The molecule has 4 heteroatoms. The minimum Gasteiger partial charge on any atom is -0.454 e. The molecular weight excluding hydrogens is 362 g/mol. The van der Waals surface area contributed by atoms with Crippen molar-refractivity contribution in [2.45, 2.75) is 30.6 Å². The van der Waals surface area contributed by atoms with Crippen molar-refractivity contribution < 1.29 is 14.3 Å². The van der Waals surface area contributed by atoms with Crippen LogP contribution in [0.4, 0.5) is 0 Å². The number of benzene rings is 2. The Morgan fingerprint density at radius 3 is 2.52 bits per heavy atom. The highest BCUT2D eigenvalue weighted by Crippen LogP contribution is 2.73. The van der Waals surface area contributed by atoms with Gasteiger partial charge in [0.05, 0.1) is 0 Å². The molecule has 3 saturated carbocycles. The van der Waals surface area contributed by atoms with Gasteiger partial charge in [-0.25, -0.2) is 0 Å². The zero-order valence-corrected chi connectivity index (χ0v) is 16.0. The number of rotatable bonds is 4. The van der Waals surface area contributed by atoms with Crippen LogP contribution in [-0.4, -0.2) is 17.6 Å². The number of ether oxygens (including phenoxy) is 2. The van der Waals surface area contributed by atoms with Crippen LogP contribution in [0.3, 0.4) is 0 Å². The van der Waals surface area contributed by atoms with Crippen molar-refractivity contribution >= 4 is 5.78 Å². The molecule has 0 unspecified atom stereocenters. The summed E-state index contributed by atoms with van der Waals surface area (Å²) in [7, 11) is 0. The smallest absolute Gasteiger partial charge is 0.231 e. The first-order valence-electron chi connectivity index (χ1n) is 10.1. The zero-order chi connectivity index (χ0) is 19.5. The Bertz CT molecular complexity index is 1090. The molecule has 29 heavy (non-hydrogen) atoms. The van der Waals surface area contributed by atoms with E-state index < -0.39 is 5.41 Å². The molecule has 2 bridgehead atoms. The van der Waals surface area contributed by atoms with Gasteiger partial charge in [-0.3, -0.25) is 9.78 Å². The van der Waals surface area contributed by atoms with E-state index in [9.17, 15) is 4.79 Å². The minimum atomic E-state index is -0.405. The first kappa shape index (κ1) is 16.8. The Morgan fingerprint density at radius 2 is 1.72 bits per heavy atom. The number of ketones is 1. The first-order valence-corrected chi connectivity index (χ1v) is 10.1. The fourth-order valence-corrected chi connectivity index (χ4v) is 5.86. The fraction of sp³-hybridized carbons (Fsp3) is 0.280. The topological polar surface area (TPSA) is 48.4 Å². The molecule has 0 radical (unpaired) electrons. The van der Waals surface area contributed by atoms with E-state index >= 15 is 0 Å². The van der Waals surface area contributed by atoms with Gasteiger partial charge in [-0.15, -0.1) is 0 Å². The Hall–Kier alpha value is -3.14. The summed E-state index contributed by atoms with van der Waals surface area (Å²) < 4.78 is 10.9. The van der Waals surface area contributed by atoms with Crippen LogP contribution in [-0.2, 0) is 5.41 Å². The summed E-state index contributed by atoms with van der Waals surface area (Å²) >= 11 is 0. The number of carbonyl (C=O) groups is 1. The van der Waals surface area contributed by atoms with E-state index in [0.717, 1.165) is 25.0 Å². The van der Waals surface area contributed by atoms with E-state index in [4.69, 9.17) is 9.47 Å². The predicted molar refractivity (Wildman–Crippen MR) is 108 cm³/mol. The van der Waals surface area contributed by atoms with Crippen molar-refractivity contribution in [3.63, 3.8) is 0 Å². The van der Waals surface area contributed by atoms with Crippen LogP contribution < -0.4 is 9.47 Å². The van der Waals surface area contributed by atoms with Crippen molar-refractivity contribution in [1.82, 2.24) is 4.98 Å². The molecule has 0 amide bonds. The summed E-state index contributed by atoms with van der Waals surface area (Å²) in [6.07, 6.45) is 4.54. The Balaban J connectivity index is 1.42. The summed E-state index contributed by atoms with van der Waals surface area (Å²) in [5, 5.41) is 0. The lowest BCUT2D eigenvalue weighted by Gasteiger charge is -2.48. The normalized spacial score (nSPS) is 28.8. The zero-order valence-electron chi connectivity index (χ0n) is 16.0. The first-order chi connectivity index (χ1) is 14.2. The molecule has 3 aliphatic carbocycles. The third kappa shape index (κ3) is 2.32. The van der Waals surface area contributed by atoms with Crippen molar-refractivity contribution in [2.75, 3.05) is 6.79 Å². The molecule has 4 aliphatic rings. The maximum absolute atomic E-state index is 13.8. The van der Waals surface area contributed by atoms with Crippen LogP contribution in [0, 0.1) is 5.41 Å². The lowest BCUT2D eigenvalue weighted by atomic mass is 9.54. The number of hydrogen-bond donors (Lipinski definition) is 0. The monoisotopic (exact) mass is 383 g/mol. The van der Waals surface area contributed by atoms with Crippen LogP contribution in [0.1, 0.15) is 46.8 Å². The van der Waals surface area contributed by atoms with Crippen LogP contribution in [0.25, 0.3) is 0 Å². The third-order valence-corrected chi connectivity index (χ3v) is 7.09. The van der Waals surface area contributed by atoms with Crippen LogP contribution in [0.2, 0.25) is 0 Å². The van der Waals surface area contributed by atoms with Crippen molar-refractivity contribution in [3.8, 4) is 11.5 Å². The van der Waals surface area contributed by atoms with Gasteiger partial charge in [0.2, 0.25) is 6.79 Å². The van der Waals surface area contributed by atoms with Gasteiger partial charge >= 0.3 is 0 Å². The molecular formula is C25H21NO3. The van der Waals surface area contributed by atoms with Crippen molar-refractivity contribution in [1.29, 1.82) is 0 Å². The number of pyridine rings is 1. The Morgan fingerprint density at radius 1 is 0.931 bits per heavy atom. The number of Topliss-reactive ketones (excluding diaryl/α,β-unsaturated/α-hetero) is 1. The molecule has 0 N–H and O–H groups in total. The van der Waals surface area contributed by atoms with Crippen LogP contribution >= 0.6 is 0 Å². The third-order valence-electron chi connectivity index (χ3n) is 7.09. The van der Waals surface area contributed by atoms with E-state index in [2.05, 4.69) is 41.4 Å². The summed E-state index contributed by atoms with van der Waals surface area (Å²) in [4.78, 5) is 18.5. The predicted octanol–water partition coefficient (Wildman–Crippen LogP) is 4.90. The van der Waals surface area contributed by atoms with Gasteiger partial charge in [-0.2, -0.15) is 0 Å². The molecule has 7 rings (SSSR count). The highest BCUT2D eigenvalue weighted by Gasteiger charge is 2.70. The van der Waals surface area contributed by atoms with Crippen LogP contribution in [0.15, 0.2) is 72.9 Å². The fourth-order valence-electron chi connectivity index (χ4n) is 5.86. The summed E-state index contributed by atoms with van der Waals surface area (Å²) in [6.45, 7) is 0.214. The molecule has 1 atom stereocenters. The van der Waals surface area contributed by atoms with Gasteiger partial charge < -0.3 is 9.47 Å². The van der Waals surface area contributed by atoms with E-state index in [0.29, 0.717) is 17.1 Å². The number of nitrogens with zero attached hydrogens (tertiary/aromatic N) is 1. The standard InChI is InChI=1S/C25H21NO3/c27-23(17-9-10-21-22(12-17)29-16-28-21)25-14-24(15-25,18-6-2-1-3-7-18)13-19(25)20-8-4-5-11-26-20/h1-12,19H,13-16H2/t19-,24?,25?/m0/s1. The van der Waals surface area contributed by atoms with Gasteiger partial charge in [0.1, 0.15) is 0 Å². The summed E-state index contributed by atoms with van der Waals surface area (Å²) in [5.41, 5.74) is 2.73. The maximum Gasteiger partial charge on any atom is 0.231 e. The lowest BCUT2D eigenvalue weighted by molar-refractivity contribution is 0.0537. The second-order valence-electron chi connectivity index (χ2n) is 8.56. The molecule has 0 saturated heterocycles.